The zero-order valence-electron chi connectivity index (χ0n) is 11.3. The predicted molar refractivity (Wildman–Crippen MR) is 81.8 cm³/mol. The van der Waals surface area contributed by atoms with Crippen molar-refractivity contribution >= 4 is 28.6 Å². The molecule has 0 aliphatic carbocycles. The van der Waals surface area contributed by atoms with Gasteiger partial charge in [0.25, 0.3) is 0 Å². The van der Waals surface area contributed by atoms with Gasteiger partial charge in [-0.25, -0.2) is 14.8 Å². The zero-order chi connectivity index (χ0) is 14.8. The fourth-order valence-electron chi connectivity index (χ4n) is 1.94. The van der Waals surface area contributed by atoms with E-state index >= 15 is 0 Å². The first-order chi connectivity index (χ1) is 10.1. The van der Waals surface area contributed by atoms with Gasteiger partial charge in [0.2, 0.25) is 5.82 Å². The lowest BCUT2D eigenvalue weighted by Gasteiger charge is -2.06. The second kappa shape index (κ2) is 5.54. The number of carbonyl (C=O) groups is 1. The highest BCUT2D eigenvalue weighted by Crippen LogP contribution is 2.31. The first kappa shape index (κ1) is 13.6. The van der Waals surface area contributed by atoms with Crippen LogP contribution in [0.5, 0.6) is 0 Å². The second-order valence-corrected chi connectivity index (χ2v) is 5.65. The van der Waals surface area contributed by atoms with Gasteiger partial charge >= 0.3 is 5.97 Å². The number of hydrogen-bond donors (Lipinski definition) is 1. The van der Waals surface area contributed by atoms with Crippen LogP contribution in [0, 0.1) is 6.92 Å². The second-order valence-electron chi connectivity index (χ2n) is 4.59. The molecule has 0 spiro atoms. The number of carboxylic acid groups (broad SMARTS) is 1. The fourth-order valence-corrected chi connectivity index (χ4v) is 2.85. The molecule has 0 bridgehead atoms. The van der Waals surface area contributed by atoms with Crippen molar-refractivity contribution in [1.29, 1.82) is 0 Å². The number of fused-ring (bicyclic) bond motifs is 1. The third kappa shape index (κ3) is 2.87. The first-order valence-corrected chi connectivity index (χ1v) is 7.20. The summed E-state index contributed by atoms with van der Waals surface area (Å²) in [5, 5.41) is 10.6. The molecule has 5 heteroatoms. The number of rotatable bonds is 3. The van der Waals surface area contributed by atoms with Gasteiger partial charge in [0.15, 0.2) is 0 Å². The molecular formula is C16H12N2O2S. The number of aromatic nitrogens is 2. The molecule has 0 amide bonds. The van der Waals surface area contributed by atoms with Crippen LogP contribution in [-0.2, 0) is 0 Å². The minimum atomic E-state index is -1.12. The highest BCUT2D eigenvalue weighted by molar-refractivity contribution is 7.99. The molecule has 0 radical (unpaired) electrons. The van der Waals surface area contributed by atoms with Gasteiger partial charge in [0, 0.05) is 10.3 Å². The summed E-state index contributed by atoms with van der Waals surface area (Å²) >= 11 is 1.44. The quantitative estimate of drug-likeness (QED) is 0.745. The van der Waals surface area contributed by atoms with Gasteiger partial charge < -0.3 is 5.11 Å². The Kier molecular flexibility index (Phi) is 3.58. The summed E-state index contributed by atoms with van der Waals surface area (Å²) in [4.78, 5) is 20.4. The summed E-state index contributed by atoms with van der Waals surface area (Å²) in [7, 11) is 0. The molecule has 0 fully saturated rings. The molecule has 1 N–H and O–H groups in total. The van der Waals surface area contributed by atoms with Crippen molar-refractivity contribution in [2.24, 2.45) is 0 Å². The molecule has 1 aromatic heterocycles. The van der Waals surface area contributed by atoms with E-state index in [1.165, 1.54) is 17.3 Å². The third-order valence-electron chi connectivity index (χ3n) is 3.00. The average Bonchev–Trinajstić information content (AvgIpc) is 2.49. The highest BCUT2D eigenvalue weighted by Gasteiger charge is 2.13. The Bertz CT molecular complexity index is 816. The molecule has 0 saturated heterocycles. The molecule has 3 rings (SSSR count). The molecule has 0 atom stereocenters. The Morgan fingerprint density at radius 1 is 1.05 bits per heavy atom. The van der Waals surface area contributed by atoms with Crippen LogP contribution in [0.2, 0.25) is 0 Å². The van der Waals surface area contributed by atoms with Crippen LogP contribution in [0.3, 0.4) is 0 Å². The summed E-state index contributed by atoms with van der Waals surface area (Å²) in [6, 6.07) is 15.5. The normalized spacial score (nSPS) is 10.7. The Morgan fingerprint density at radius 2 is 1.76 bits per heavy atom. The largest absolute Gasteiger partial charge is 0.475 e. The summed E-state index contributed by atoms with van der Waals surface area (Å²) < 4.78 is 0. The van der Waals surface area contributed by atoms with Crippen molar-refractivity contribution in [2.45, 2.75) is 16.8 Å². The Hall–Kier alpha value is -2.40. The van der Waals surface area contributed by atoms with Crippen LogP contribution >= 0.6 is 11.8 Å². The zero-order valence-corrected chi connectivity index (χ0v) is 12.1. The van der Waals surface area contributed by atoms with Crippen molar-refractivity contribution in [3.63, 3.8) is 0 Å². The van der Waals surface area contributed by atoms with Crippen LogP contribution in [0.25, 0.3) is 10.9 Å². The summed E-state index contributed by atoms with van der Waals surface area (Å²) in [5.41, 5.74) is 1.82. The molecule has 3 aromatic rings. The van der Waals surface area contributed by atoms with Gasteiger partial charge in [-0.2, -0.15) is 0 Å². The van der Waals surface area contributed by atoms with Gasteiger partial charge in [0.1, 0.15) is 5.03 Å². The van der Waals surface area contributed by atoms with Crippen LogP contribution < -0.4 is 0 Å². The summed E-state index contributed by atoms with van der Waals surface area (Å²) in [5.74, 6) is -1.30. The van der Waals surface area contributed by atoms with Gasteiger partial charge in [-0.3, -0.25) is 0 Å². The number of nitrogens with zero attached hydrogens (tertiary/aromatic N) is 2. The van der Waals surface area contributed by atoms with Crippen molar-refractivity contribution in [3.05, 3.63) is 59.9 Å². The Labute approximate surface area is 125 Å². The maximum atomic E-state index is 11.2. The lowest BCUT2D eigenvalue weighted by molar-refractivity contribution is 0.0683. The van der Waals surface area contributed by atoms with Crippen molar-refractivity contribution in [1.82, 2.24) is 9.97 Å². The first-order valence-electron chi connectivity index (χ1n) is 6.38. The number of aromatic carboxylic acids is 1. The van der Waals surface area contributed by atoms with Gasteiger partial charge in [-0.15, -0.1) is 0 Å². The van der Waals surface area contributed by atoms with Gasteiger partial charge in [-0.1, -0.05) is 47.7 Å². The van der Waals surface area contributed by atoms with Crippen molar-refractivity contribution in [3.8, 4) is 0 Å². The number of aryl methyl sites for hydroxylation is 1. The SMILES string of the molecule is Cc1ccc(Sc2nc(C(=O)O)nc3ccccc23)cc1. The molecule has 0 aliphatic heterocycles. The molecule has 2 aromatic carbocycles. The van der Waals surface area contributed by atoms with E-state index in [1.54, 1.807) is 6.07 Å². The van der Waals surface area contributed by atoms with E-state index in [2.05, 4.69) is 9.97 Å². The van der Waals surface area contributed by atoms with E-state index in [9.17, 15) is 4.79 Å². The minimum absolute atomic E-state index is 0.177. The standard InChI is InChI=1S/C16H12N2O2S/c1-10-6-8-11(9-7-10)21-15-12-4-2-3-5-13(12)17-14(18-15)16(19)20/h2-9H,1H3,(H,19,20). The smallest absolute Gasteiger partial charge is 0.373 e. The number of carboxylic acids is 1. The van der Waals surface area contributed by atoms with E-state index in [1.807, 2.05) is 49.4 Å². The molecule has 1 heterocycles. The Balaban J connectivity index is 2.11. The molecule has 0 unspecified atom stereocenters. The predicted octanol–water partition coefficient (Wildman–Crippen LogP) is 3.79. The number of hydrogen-bond acceptors (Lipinski definition) is 4. The van der Waals surface area contributed by atoms with Crippen molar-refractivity contribution < 1.29 is 9.90 Å². The summed E-state index contributed by atoms with van der Waals surface area (Å²) in [6.45, 7) is 2.02. The highest BCUT2D eigenvalue weighted by atomic mass is 32.2. The monoisotopic (exact) mass is 296 g/mol. The van der Waals surface area contributed by atoms with Crippen LogP contribution in [0.1, 0.15) is 16.2 Å². The lowest BCUT2D eigenvalue weighted by Crippen LogP contribution is -2.05. The lowest BCUT2D eigenvalue weighted by atomic mass is 10.2. The van der Waals surface area contributed by atoms with E-state index in [-0.39, 0.29) is 5.82 Å². The minimum Gasteiger partial charge on any atom is -0.475 e. The van der Waals surface area contributed by atoms with E-state index < -0.39 is 5.97 Å². The van der Waals surface area contributed by atoms with Crippen molar-refractivity contribution in [2.75, 3.05) is 0 Å². The van der Waals surface area contributed by atoms with Crippen LogP contribution in [0.4, 0.5) is 0 Å². The molecule has 0 saturated carbocycles. The van der Waals surface area contributed by atoms with Crippen LogP contribution in [0.15, 0.2) is 58.5 Å². The average molecular weight is 296 g/mol. The fraction of sp³-hybridized carbons (Fsp3) is 0.0625. The topological polar surface area (TPSA) is 63.1 Å². The molecule has 104 valence electrons. The molecule has 21 heavy (non-hydrogen) atoms. The van der Waals surface area contributed by atoms with E-state index in [4.69, 9.17) is 5.11 Å². The Morgan fingerprint density at radius 3 is 2.48 bits per heavy atom. The molecule has 0 aliphatic rings. The van der Waals surface area contributed by atoms with Gasteiger partial charge in [0.05, 0.1) is 5.52 Å². The van der Waals surface area contributed by atoms with E-state index in [0.717, 1.165) is 10.3 Å². The van der Waals surface area contributed by atoms with E-state index in [0.29, 0.717) is 10.5 Å². The third-order valence-corrected chi connectivity index (χ3v) is 4.01. The maximum Gasteiger partial charge on any atom is 0.373 e. The van der Waals surface area contributed by atoms with Crippen LogP contribution in [-0.4, -0.2) is 21.0 Å². The molecular weight excluding hydrogens is 284 g/mol. The molecule has 4 nitrogen and oxygen atoms in total. The number of benzene rings is 2. The number of para-hydroxylation sites is 1. The maximum absolute atomic E-state index is 11.2. The van der Waals surface area contributed by atoms with Gasteiger partial charge in [-0.05, 0) is 25.1 Å². The summed E-state index contributed by atoms with van der Waals surface area (Å²) in [6.07, 6.45) is 0.